The molecule has 0 radical (unpaired) electrons. The minimum absolute atomic E-state index is 0.670. The Bertz CT molecular complexity index is 156. The molecule has 1 heterocycles. The van der Waals surface area contributed by atoms with E-state index in [1.165, 1.54) is 0 Å². The Morgan fingerprint density at radius 3 is 2.40 bits per heavy atom. The van der Waals surface area contributed by atoms with Crippen LogP contribution < -0.4 is 5.32 Å². The second-order valence-electron chi connectivity index (χ2n) is 1.97. The van der Waals surface area contributed by atoms with Crippen LogP contribution in [0.4, 0.5) is 13.2 Å². The van der Waals surface area contributed by atoms with Crippen molar-refractivity contribution in [1.29, 1.82) is 0 Å². The van der Waals surface area contributed by atoms with Crippen LogP contribution in [0.5, 0.6) is 0 Å². The minimum Gasteiger partial charge on any atom is -0.362 e. The van der Waals surface area contributed by atoms with Crippen LogP contribution in [0, 0.1) is 0 Å². The third-order valence-electron chi connectivity index (χ3n) is 1.18. The van der Waals surface area contributed by atoms with Gasteiger partial charge in [-0.2, -0.15) is 13.2 Å². The molecule has 0 saturated heterocycles. The summed E-state index contributed by atoms with van der Waals surface area (Å²) in [5, 5.41) is 10.4. The summed E-state index contributed by atoms with van der Waals surface area (Å²) in [7, 11) is 0. The predicted octanol–water partition coefficient (Wildman–Crippen LogP) is -0.131. The van der Waals surface area contributed by atoms with Crippen molar-refractivity contribution in [2.75, 3.05) is 6.54 Å². The van der Waals surface area contributed by atoms with Crippen molar-refractivity contribution in [1.82, 2.24) is 5.32 Å². The fourth-order valence-corrected chi connectivity index (χ4v) is 0.547. The average molecular weight is 154 g/mol. The molecule has 1 unspecified atom stereocenters. The lowest BCUT2D eigenvalue weighted by Gasteiger charge is -2.24. The van der Waals surface area contributed by atoms with Crippen molar-refractivity contribution in [3.05, 3.63) is 0 Å². The quantitative estimate of drug-likeness (QED) is 0.510. The van der Waals surface area contributed by atoms with Gasteiger partial charge >= 0.3 is 6.18 Å². The lowest BCUT2D eigenvalue weighted by Crippen LogP contribution is -2.55. The average Bonchev–Trinajstić information content (AvgIpc) is 2.13. The molecule has 6 heteroatoms. The molecule has 3 nitrogen and oxygen atoms in total. The summed E-state index contributed by atoms with van der Waals surface area (Å²) in [6, 6.07) is 0. The van der Waals surface area contributed by atoms with Gasteiger partial charge in [-0.15, -0.1) is 0 Å². The number of nitrogens with one attached hydrogen (secondary N) is 1. The van der Waals surface area contributed by atoms with E-state index in [0.717, 1.165) is 6.34 Å². The Morgan fingerprint density at radius 2 is 2.20 bits per heavy atom. The van der Waals surface area contributed by atoms with Gasteiger partial charge in [-0.05, 0) is 0 Å². The van der Waals surface area contributed by atoms with Crippen molar-refractivity contribution >= 4 is 6.34 Å². The summed E-state index contributed by atoms with van der Waals surface area (Å²) in [4.78, 5) is 3.20. The number of aliphatic hydroxyl groups is 1. The molecule has 0 aromatic heterocycles. The lowest BCUT2D eigenvalue weighted by molar-refractivity contribution is -0.258. The van der Waals surface area contributed by atoms with Gasteiger partial charge in [-0.25, -0.2) is 0 Å². The maximum Gasteiger partial charge on any atom is 0.438 e. The van der Waals surface area contributed by atoms with Crippen LogP contribution in [0.1, 0.15) is 0 Å². The Morgan fingerprint density at radius 1 is 1.60 bits per heavy atom. The number of alkyl halides is 3. The molecule has 0 aromatic rings. The van der Waals surface area contributed by atoms with E-state index in [2.05, 4.69) is 4.99 Å². The molecule has 10 heavy (non-hydrogen) atoms. The second-order valence-corrected chi connectivity index (χ2v) is 1.97. The Hall–Kier alpha value is -0.780. The lowest BCUT2D eigenvalue weighted by atomic mass is 10.2. The first-order chi connectivity index (χ1) is 4.46. The Labute approximate surface area is 54.6 Å². The number of hydrogen-bond acceptors (Lipinski definition) is 3. The minimum atomic E-state index is -4.66. The molecule has 1 rings (SSSR count). The zero-order chi connectivity index (χ0) is 7.83. The van der Waals surface area contributed by atoms with Crippen molar-refractivity contribution in [2.24, 2.45) is 4.99 Å². The highest BCUT2D eigenvalue weighted by Gasteiger charge is 2.55. The van der Waals surface area contributed by atoms with Crippen LogP contribution in [0.25, 0.3) is 0 Å². The standard InChI is InChI=1S/C4H5F3N2O/c5-4(6,7)3(10)1-8-2-9-3/h2,10H,1H2,(H,8,9). The second kappa shape index (κ2) is 1.85. The van der Waals surface area contributed by atoms with Crippen LogP contribution >= 0.6 is 0 Å². The number of hydrogen-bond donors (Lipinski definition) is 2. The van der Waals surface area contributed by atoms with Gasteiger partial charge in [0.1, 0.15) is 0 Å². The SMILES string of the molecule is OC1(C(F)(F)F)CN=CN1. The summed E-state index contributed by atoms with van der Waals surface area (Å²) in [5.41, 5.74) is -2.84. The smallest absolute Gasteiger partial charge is 0.362 e. The summed E-state index contributed by atoms with van der Waals surface area (Å²) in [6.07, 6.45) is -3.82. The van der Waals surface area contributed by atoms with Crippen LogP contribution in [0.15, 0.2) is 4.99 Å². The highest BCUT2D eigenvalue weighted by molar-refractivity contribution is 5.58. The van der Waals surface area contributed by atoms with Crippen molar-refractivity contribution in [3.63, 3.8) is 0 Å². The van der Waals surface area contributed by atoms with Gasteiger partial charge in [0.15, 0.2) is 0 Å². The largest absolute Gasteiger partial charge is 0.438 e. The maximum absolute atomic E-state index is 11.8. The number of nitrogens with zero attached hydrogens (tertiary/aromatic N) is 1. The molecule has 1 aliphatic rings. The van der Waals surface area contributed by atoms with E-state index in [4.69, 9.17) is 5.11 Å². The highest BCUT2D eigenvalue weighted by Crippen LogP contribution is 2.29. The van der Waals surface area contributed by atoms with Crippen molar-refractivity contribution in [2.45, 2.75) is 11.9 Å². The van der Waals surface area contributed by atoms with Gasteiger partial charge < -0.3 is 10.4 Å². The van der Waals surface area contributed by atoms with Crippen LogP contribution in [0.2, 0.25) is 0 Å². The molecule has 58 valence electrons. The number of aliphatic imine (C=N–C) groups is 1. The van der Waals surface area contributed by atoms with Gasteiger partial charge in [0.25, 0.3) is 5.72 Å². The van der Waals surface area contributed by atoms with E-state index < -0.39 is 18.4 Å². The molecular weight excluding hydrogens is 149 g/mol. The van der Waals surface area contributed by atoms with Crippen molar-refractivity contribution in [3.8, 4) is 0 Å². The van der Waals surface area contributed by atoms with Crippen LogP contribution in [-0.2, 0) is 0 Å². The third-order valence-corrected chi connectivity index (χ3v) is 1.18. The Kier molecular flexibility index (Phi) is 1.36. The molecule has 0 fully saturated rings. The van der Waals surface area contributed by atoms with Gasteiger partial charge in [-0.3, -0.25) is 4.99 Å². The van der Waals surface area contributed by atoms with E-state index in [1.807, 2.05) is 0 Å². The Balaban J connectivity index is 2.71. The van der Waals surface area contributed by atoms with E-state index >= 15 is 0 Å². The third kappa shape index (κ3) is 0.942. The zero-order valence-corrected chi connectivity index (χ0v) is 4.81. The molecule has 1 atom stereocenters. The zero-order valence-electron chi connectivity index (χ0n) is 4.81. The van der Waals surface area contributed by atoms with E-state index in [0.29, 0.717) is 0 Å². The predicted molar refractivity (Wildman–Crippen MR) is 27.5 cm³/mol. The first-order valence-corrected chi connectivity index (χ1v) is 2.51. The summed E-state index contributed by atoms with van der Waals surface area (Å²) < 4.78 is 35.3. The molecule has 0 amide bonds. The monoisotopic (exact) mass is 154 g/mol. The van der Waals surface area contributed by atoms with E-state index in [1.54, 1.807) is 5.32 Å². The molecule has 0 aliphatic carbocycles. The summed E-state index contributed by atoms with van der Waals surface area (Å²) in [5.74, 6) is 0. The van der Waals surface area contributed by atoms with Crippen LogP contribution in [-0.4, -0.2) is 29.9 Å². The van der Waals surface area contributed by atoms with Gasteiger partial charge in [-0.1, -0.05) is 0 Å². The molecule has 0 aromatic carbocycles. The highest BCUT2D eigenvalue weighted by atomic mass is 19.4. The van der Waals surface area contributed by atoms with Gasteiger partial charge in [0.05, 0.1) is 12.9 Å². The molecule has 1 aliphatic heterocycles. The fraction of sp³-hybridized carbons (Fsp3) is 0.750. The molecule has 0 bridgehead atoms. The summed E-state index contributed by atoms with van der Waals surface area (Å²) >= 11 is 0. The molecule has 2 N–H and O–H groups in total. The summed E-state index contributed by atoms with van der Waals surface area (Å²) in [6.45, 7) is -0.670. The van der Waals surface area contributed by atoms with Crippen molar-refractivity contribution < 1.29 is 18.3 Å². The first kappa shape index (κ1) is 7.33. The normalized spacial score (nSPS) is 32.4. The molecule has 0 spiro atoms. The van der Waals surface area contributed by atoms with E-state index in [9.17, 15) is 13.2 Å². The molecular formula is C4H5F3N2O. The number of halogens is 3. The maximum atomic E-state index is 11.8. The number of rotatable bonds is 0. The first-order valence-electron chi connectivity index (χ1n) is 2.51. The topological polar surface area (TPSA) is 44.6 Å². The van der Waals surface area contributed by atoms with E-state index in [-0.39, 0.29) is 0 Å². The van der Waals surface area contributed by atoms with Gasteiger partial charge in [0, 0.05) is 0 Å². The fourth-order valence-electron chi connectivity index (χ4n) is 0.547. The van der Waals surface area contributed by atoms with Gasteiger partial charge in [0.2, 0.25) is 0 Å². The molecule has 0 saturated carbocycles. The van der Waals surface area contributed by atoms with Crippen LogP contribution in [0.3, 0.4) is 0 Å².